The molecule has 1 aromatic rings. The first kappa shape index (κ1) is 14.9. The van der Waals surface area contributed by atoms with Crippen LogP contribution in [0.4, 0.5) is 5.69 Å². The molecule has 1 N–H and O–H groups in total. The van der Waals surface area contributed by atoms with E-state index in [-0.39, 0.29) is 5.91 Å². The van der Waals surface area contributed by atoms with Crippen molar-refractivity contribution in [2.24, 2.45) is 0 Å². The zero-order valence-electron chi connectivity index (χ0n) is 12.2. The van der Waals surface area contributed by atoms with Gasteiger partial charge in [0, 0.05) is 10.9 Å². The average molecular weight is 320 g/mol. The van der Waals surface area contributed by atoms with Crippen LogP contribution in [-0.4, -0.2) is 22.8 Å². The molecule has 21 heavy (non-hydrogen) atoms. The van der Waals surface area contributed by atoms with Crippen molar-refractivity contribution in [3.63, 3.8) is 0 Å². The van der Waals surface area contributed by atoms with Gasteiger partial charge >= 0.3 is 0 Å². The number of thioether (sulfide) groups is 1. The SMILES string of the molecule is Cc1ccc2c(c1)SCC(=O)N2C(=S)NC1CCCCC1. The zero-order valence-corrected chi connectivity index (χ0v) is 13.9. The lowest BCUT2D eigenvalue weighted by atomic mass is 9.96. The lowest BCUT2D eigenvalue weighted by molar-refractivity contribution is -0.115. The molecule has 1 heterocycles. The number of anilines is 1. The summed E-state index contributed by atoms with van der Waals surface area (Å²) in [5, 5.41) is 3.97. The van der Waals surface area contributed by atoms with Crippen molar-refractivity contribution in [1.82, 2.24) is 5.32 Å². The number of carbonyl (C=O) groups is 1. The highest BCUT2D eigenvalue weighted by atomic mass is 32.2. The quantitative estimate of drug-likeness (QED) is 0.801. The first-order chi connectivity index (χ1) is 10.1. The Balaban J connectivity index is 1.80. The van der Waals surface area contributed by atoms with Gasteiger partial charge in [0.05, 0.1) is 11.4 Å². The fourth-order valence-electron chi connectivity index (χ4n) is 2.97. The lowest BCUT2D eigenvalue weighted by Crippen LogP contribution is -2.49. The molecular weight excluding hydrogens is 300 g/mol. The minimum Gasteiger partial charge on any atom is -0.359 e. The standard InChI is InChI=1S/C16H20N2OS2/c1-11-7-8-13-14(9-11)21-10-15(19)18(13)16(20)17-12-5-3-2-4-6-12/h7-9,12H,2-6,10H2,1H3,(H,17,20). The first-order valence-corrected chi connectivity index (χ1v) is 8.91. The Morgan fingerprint density at radius 1 is 1.33 bits per heavy atom. The number of aryl methyl sites for hydroxylation is 1. The van der Waals surface area contributed by atoms with E-state index < -0.39 is 0 Å². The second-order valence-electron chi connectivity index (χ2n) is 5.77. The van der Waals surface area contributed by atoms with Crippen molar-refractivity contribution in [2.75, 3.05) is 10.7 Å². The van der Waals surface area contributed by atoms with E-state index >= 15 is 0 Å². The number of amides is 1. The smallest absolute Gasteiger partial charge is 0.243 e. The number of thiocarbonyl (C=S) groups is 1. The van der Waals surface area contributed by atoms with Crippen LogP contribution in [0.15, 0.2) is 23.1 Å². The minimum absolute atomic E-state index is 0.0738. The average Bonchev–Trinajstić information content (AvgIpc) is 2.48. The molecule has 0 saturated heterocycles. The normalized spacial score (nSPS) is 19.3. The van der Waals surface area contributed by atoms with Crippen LogP contribution in [0.1, 0.15) is 37.7 Å². The second kappa shape index (κ2) is 6.36. The van der Waals surface area contributed by atoms with E-state index in [9.17, 15) is 4.79 Å². The largest absolute Gasteiger partial charge is 0.359 e. The van der Waals surface area contributed by atoms with Crippen molar-refractivity contribution in [1.29, 1.82) is 0 Å². The summed E-state index contributed by atoms with van der Waals surface area (Å²) in [7, 11) is 0. The van der Waals surface area contributed by atoms with E-state index in [2.05, 4.69) is 18.3 Å². The van der Waals surface area contributed by atoms with E-state index in [1.165, 1.54) is 24.8 Å². The Kier molecular flexibility index (Phi) is 4.50. The summed E-state index contributed by atoms with van der Waals surface area (Å²) < 4.78 is 0. The van der Waals surface area contributed by atoms with Crippen LogP contribution in [0.2, 0.25) is 0 Å². The van der Waals surface area contributed by atoms with Gasteiger partial charge in [0.25, 0.3) is 0 Å². The Morgan fingerprint density at radius 3 is 2.86 bits per heavy atom. The molecule has 0 atom stereocenters. The van der Waals surface area contributed by atoms with E-state index in [0.29, 0.717) is 16.9 Å². The maximum Gasteiger partial charge on any atom is 0.243 e. The van der Waals surface area contributed by atoms with Gasteiger partial charge in [0.15, 0.2) is 5.11 Å². The molecule has 1 fully saturated rings. The molecule has 3 nitrogen and oxygen atoms in total. The second-order valence-corrected chi connectivity index (χ2v) is 7.18. The topological polar surface area (TPSA) is 32.3 Å². The third kappa shape index (κ3) is 3.24. The highest BCUT2D eigenvalue weighted by Crippen LogP contribution is 2.36. The monoisotopic (exact) mass is 320 g/mol. The molecule has 0 aromatic heterocycles. The summed E-state index contributed by atoms with van der Waals surface area (Å²) in [6.45, 7) is 2.07. The van der Waals surface area contributed by atoms with Crippen LogP contribution in [0.5, 0.6) is 0 Å². The molecule has 1 aliphatic carbocycles. The summed E-state index contributed by atoms with van der Waals surface area (Å²) in [5.41, 5.74) is 2.14. The Bertz CT molecular complexity index is 567. The summed E-state index contributed by atoms with van der Waals surface area (Å²) >= 11 is 7.13. The van der Waals surface area contributed by atoms with Crippen LogP contribution in [0.25, 0.3) is 0 Å². The summed E-state index contributed by atoms with van der Waals surface area (Å²) in [6, 6.07) is 6.59. The Hall–Kier alpha value is -1.07. The van der Waals surface area contributed by atoms with Crippen molar-refractivity contribution >= 4 is 40.7 Å². The summed E-state index contributed by atoms with van der Waals surface area (Å²) in [4.78, 5) is 15.1. The predicted octanol–water partition coefficient (Wildman–Crippen LogP) is 3.64. The van der Waals surface area contributed by atoms with Gasteiger partial charge in [-0.25, -0.2) is 0 Å². The van der Waals surface area contributed by atoms with Crippen LogP contribution in [0.3, 0.4) is 0 Å². The molecule has 112 valence electrons. The van der Waals surface area contributed by atoms with Gasteiger partial charge in [-0.15, -0.1) is 11.8 Å². The van der Waals surface area contributed by atoms with Gasteiger partial charge in [-0.3, -0.25) is 9.69 Å². The van der Waals surface area contributed by atoms with E-state index in [1.54, 1.807) is 16.7 Å². The Morgan fingerprint density at radius 2 is 2.10 bits per heavy atom. The fourth-order valence-corrected chi connectivity index (χ4v) is 4.32. The maximum atomic E-state index is 12.3. The number of fused-ring (bicyclic) bond motifs is 1. The molecule has 5 heteroatoms. The van der Waals surface area contributed by atoms with Crippen LogP contribution in [0, 0.1) is 6.92 Å². The molecule has 0 bridgehead atoms. The molecule has 1 aliphatic heterocycles. The van der Waals surface area contributed by atoms with Gasteiger partial charge in [-0.05, 0) is 49.7 Å². The minimum atomic E-state index is 0.0738. The predicted molar refractivity (Wildman–Crippen MR) is 92.0 cm³/mol. The number of benzene rings is 1. The third-order valence-electron chi connectivity index (χ3n) is 4.09. The fraction of sp³-hybridized carbons (Fsp3) is 0.500. The molecule has 1 aromatic carbocycles. The van der Waals surface area contributed by atoms with E-state index in [1.807, 2.05) is 12.1 Å². The van der Waals surface area contributed by atoms with Crippen LogP contribution >= 0.6 is 24.0 Å². The van der Waals surface area contributed by atoms with E-state index in [0.717, 1.165) is 23.4 Å². The maximum absolute atomic E-state index is 12.3. The highest BCUT2D eigenvalue weighted by molar-refractivity contribution is 8.00. The number of nitrogens with zero attached hydrogens (tertiary/aromatic N) is 1. The molecule has 3 rings (SSSR count). The molecule has 1 saturated carbocycles. The van der Waals surface area contributed by atoms with Crippen LogP contribution < -0.4 is 10.2 Å². The molecular formula is C16H20N2OS2. The van der Waals surface area contributed by atoms with Crippen molar-refractivity contribution in [3.8, 4) is 0 Å². The molecule has 2 aliphatic rings. The van der Waals surface area contributed by atoms with Crippen molar-refractivity contribution in [2.45, 2.75) is 50.0 Å². The highest BCUT2D eigenvalue weighted by Gasteiger charge is 2.29. The summed E-state index contributed by atoms with van der Waals surface area (Å²) in [6.07, 6.45) is 6.11. The zero-order chi connectivity index (χ0) is 14.8. The first-order valence-electron chi connectivity index (χ1n) is 7.52. The number of hydrogen-bond acceptors (Lipinski definition) is 3. The van der Waals surface area contributed by atoms with Gasteiger partial charge in [-0.2, -0.15) is 0 Å². The molecule has 0 unspecified atom stereocenters. The van der Waals surface area contributed by atoms with Gasteiger partial charge in [0.1, 0.15) is 0 Å². The number of rotatable bonds is 1. The molecule has 1 amide bonds. The Labute approximate surface area is 135 Å². The number of nitrogens with one attached hydrogen (secondary N) is 1. The van der Waals surface area contributed by atoms with E-state index in [4.69, 9.17) is 12.2 Å². The van der Waals surface area contributed by atoms with Crippen molar-refractivity contribution < 1.29 is 4.79 Å². The van der Waals surface area contributed by atoms with Gasteiger partial charge < -0.3 is 5.32 Å². The summed E-state index contributed by atoms with van der Waals surface area (Å²) in [5.74, 6) is 0.535. The van der Waals surface area contributed by atoms with Gasteiger partial charge in [-0.1, -0.05) is 25.3 Å². The lowest BCUT2D eigenvalue weighted by Gasteiger charge is -2.32. The van der Waals surface area contributed by atoms with Crippen LogP contribution in [-0.2, 0) is 4.79 Å². The third-order valence-corrected chi connectivity index (χ3v) is 5.42. The van der Waals surface area contributed by atoms with Crippen molar-refractivity contribution in [3.05, 3.63) is 23.8 Å². The number of hydrogen-bond donors (Lipinski definition) is 1. The molecule has 0 spiro atoms. The number of carbonyl (C=O) groups excluding carboxylic acids is 1. The molecule has 0 radical (unpaired) electrons. The van der Waals surface area contributed by atoms with Gasteiger partial charge in [0.2, 0.25) is 5.91 Å².